The minimum atomic E-state index is -3.92. The number of methoxy groups -OCH3 is 1. The van der Waals surface area contributed by atoms with Crippen LogP contribution in [0, 0.1) is 11.6 Å². The Labute approximate surface area is 195 Å². The number of hydrogen-bond donors (Lipinski definition) is 0. The van der Waals surface area contributed by atoms with Gasteiger partial charge in [-0.1, -0.05) is 12.8 Å². The second-order valence-corrected chi connectivity index (χ2v) is 11.3. The summed E-state index contributed by atoms with van der Waals surface area (Å²) in [6, 6.07) is 2.75. The van der Waals surface area contributed by atoms with E-state index >= 15 is 0 Å². The third-order valence-electron chi connectivity index (χ3n) is 6.00. The normalized spacial score (nSPS) is 17.4. The molecule has 33 heavy (non-hydrogen) atoms. The molecule has 11 heteroatoms. The molecular formula is C22H24F2N2O5S2. The van der Waals surface area contributed by atoms with Crippen LogP contribution in [0.1, 0.15) is 56.8 Å². The van der Waals surface area contributed by atoms with Crippen LogP contribution in [0.4, 0.5) is 8.78 Å². The first-order valence-corrected chi connectivity index (χ1v) is 13.0. The number of rotatable bonds is 4. The monoisotopic (exact) mass is 498 g/mol. The Hall–Kier alpha value is -2.37. The smallest absolute Gasteiger partial charge is 0.340 e. The molecule has 1 fully saturated rings. The number of halogens is 2. The van der Waals surface area contributed by atoms with E-state index in [1.807, 2.05) is 0 Å². The van der Waals surface area contributed by atoms with E-state index in [2.05, 4.69) is 0 Å². The first-order valence-electron chi connectivity index (χ1n) is 10.7. The summed E-state index contributed by atoms with van der Waals surface area (Å²) < 4.78 is 60.6. The first kappa shape index (κ1) is 23.8. The molecule has 178 valence electrons. The van der Waals surface area contributed by atoms with Gasteiger partial charge in [0.2, 0.25) is 0 Å². The van der Waals surface area contributed by atoms with Gasteiger partial charge in [-0.3, -0.25) is 4.79 Å². The van der Waals surface area contributed by atoms with Crippen LogP contribution in [0.15, 0.2) is 22.4 Å². The molecule has 0 saturated carbocycles. The minimum Gasteiger partial charge on any atom is -0.465 e. The van der Waals surface area contributed by atoms with Gasteiger partial charge in [0.05, 0.1) is 24.8 Å². The fourth-order valence-corrected chi connectivity index (χ4v) is 7.83. The van der Waals surface area contributed by atoms with Crippen LogP contribution in [0.5, 0.6) is 0 Å². The molecule has 0 bridgehead atoms. The molecule has 0 spiro atoms. The highest BCUT2D eigenvalue weighted by Gasteiger charge is 2.38. The van der Waals surface area contributed by atoms with Gasteiger partial charge in [-0.25, -0.2) is 22.0 Å². The van der Waals surface area contributed by atoms with Crippen molar-refractivity contribution in [1.82, 2.24) is 9.21 Å². The molecule has 4 rings (SSSR count). The third-order valence-corrected chi connectivity index (χ3v) is 9.61. The summed E-state index contributed by atoms with van der Waals surface area (Å²) in [5.41, 5.74) is 0.313. The highest BCUT2D eigenvalue weighted by Crippen LogP contribution is 2.39. The molecular weight excluding hydrogens is 474 g/mol. The Morgan fingerprint density at radius 2 is 1.76 bits per heavy atom. The predicted molar refractivity (Wildman–Crippen MR) is 118 cm³/mol. The number of hydrogen-bond acceptors (Lipinski definition) is 6. The number of fused-ring (bicyclic) bond motifs is 1. The van der Waals surface area contributed by atoms with E-state index in [9.17, 15) is 26.8 Å². The van der Waals surface area contributed by atoms with E-state index in [0.717, 1.165) is 49.2 Å². The molecule has 2 aliphatic rings. The number of sulfonamides is 1. The summed E-state index contributed by atoms with van der Waals surface area (Å²) in [7, 11) is -2.72. The van der Waals surface area contributed by atoms with Crippen molar-refractivity contribution in [3.05, 3.63) is 51.4 Å². The highest BCUT2D eigenvalue weighted by atomic mass is 32.2. The number of carbonyl (C=O) groups excluding carboxylic acids is 2. The number of esters is 1. The van der Waals surface area contributed by atoms with E-state index in [1.165, 1.54) is 16.3 Å². The van der Waals surface area contributed by atoms with Gasteiger partial charge in [-0.2, -0.15) is 4.31 Å². The number of nitrogens with zero attached hydrogens (tertiary/aromatic N) is 2. The molecule has 0 atom stereocenters. The molecule has 1 saturated heterocycles. The Morgan fingerprint density at radius 3 is 2.39 bits per heavy atom. The third kappa shape index (κ3) is 4.53. The summed E-state index contributed by atoms with van der Waals surface area (Å²) in [6.45, 7) is 0.960. The van der Waals surface area contributed by atoms with Gasteiger partial charge in [0.15, 0.2) is 0 Å². The van der Waals surface area contributed by atoms with E-state index < -0.39 is 33.5 Å². The number of benzene rings is 1. The van der Waals surface area contributed by atoms with Gasteiger partial charge < -0.3 is 9.64 Å². The second kappa shape index (κ2) is 9.47. The van der Waals surface area contributed by atoms with Crippen molar-refractivity contribution in [3.8, 4) is 0 Å². The zero-order chi connectivity index (χ0) is 23.8. The van der Waals surface area contributed by atoms with Crippen molar-refractivity contribution in [3.63, 3.8) is 0 Å². The average Bonchev–Trinajstić information content (AvgIpc) is 2.96. The predicted octanol–water partition coefficient (Wildman–Crippen LogP) is 3.58. The molecule has 0 aliphatic carbocycles. The fraction of sp³-hybridized carbons (Fsp3) is 0.455. The lowest BCUT2D eigenvalue weighted by atomic mass is 10.0. The molecule has 2 aromatic rings. The summed E-state index contributed by atoms with van der Waals surface area (Å²) in [6.07, 6.45) is 3.63. The second-order valence-electron chi connectivity index (χ2n) is 8.08. The average molecular weight is 499 g/mol. The Morgan fingerprint density at radius 1 is 1.06 bits per heavy atom. The van der Waals surface area contributed by atoms with E-state index in [1.54, 1.807) is 0 Å². The summed E-state index contributed by atoms with van der Waals surface area (Å²) in [5.74, 6) is -3.10. The molecule has 3 heterocycles. The standard InChI is InChI=1S/C22H24F2N2O5S2/c1-31-21(28)19-16-8-11-25(20(27)15-7-6-14(23)12-17(15)24)13-18(16)32-22(19)33(29,30)26-9-4-2-3-5-10-26/h6-7,12H,2-5,8-11,13H2,1H3. The van der Waals surface area contributed by atoms with Crippen molar-refractivity contribution in [1.29, 1.82) is 0 Å². The summed E-state index contributed by atoms with van der Waals surface area (Å²) >= 11 is 0.958. The van der Waals surface area contributed by atoms with E-state index in [4.69, 9.17) is 4.74 Å². The summed E-state index contributed by atoms with van der Waals surface area (Å²) in [4.78, 5) is 27.4. The molecule has 0 radical (unpaired) electrons. The topological polar surface area (TPSA) is 84.0 Å². The lowest BCUT2D eigenvalue weighted by Crippen LogP contribution is -2.36. The van der Waals surface area contributed by atoms with E-state index in [0.29, 0.717) is 29.6 Å². The zero-order valence-electron chi connectivity index (χ0n) is 18.1. The van der Waals surface area contributed by atoms with Gasteiger partial charge in [-0.05, 0) is 37.0 Å². The summed E-state index contributed by atoms with van der Waals surface area (Å²) in [5, 5.41) is 0. The van der Waals surface area contributed by atoms with Crippen molar-refractivity contribution < 1.29 is 31.5 Å². The minimum absolute atomic E-state index is 0.0230. The maximum absolute atomic E-state index is 14.1. The van der Waals surface area contributed by atoms with Crippen LogP contribution < -0.4 is 0 Å². The molecule has 1 aromatic heterocycles. The number of carbonyl (C=O) groups is 2. The molecule has 7 nitrogen and oxygen atoms in total. The quantitative estimate of drug-likeness (QED) is 0.602. The Bertz CT molecular complexity index is 1190. The number of ether oxygens (including phenoxy) is 1. The lowest BCUT2D eigenvalue weighted by molar-refractivity contribution is 0.0595. The van der Waals surface area contributed by atoms with Gasteiger partial charge in [0.25, 0.3) is 15.9 Å². The molecule has 0 N–H and O–H groups in total. The largest absolute Gasteiger partial charge is 0.465 e. The van der Waals surface area contributed by atoms with Crippen molar-refractivity contribution in [2.45, 2.75) is 42.9 Å². The van der Waals surface area contributed by atoms with Crippen LogP contribution in [0.25, 0.3) is 0 Å². The maximum Gasteiger partial charge on any atom is 0.340 e. The maximum atomic E-state index is 14.1. The molecule has 1 aromatic carbocycles. The first-order chi connectivity index (χ1) is 15.7. The Kier molecular flexibility index (Phi) is 6.83. The van der Waals surface area contributed by atoms with Gasteiger partial charge >= 0.3 is 5.97 Å². The number of thiophene rings is 1. The van der Waals surface area contributed by atoms with E-state index in [-0.39, 0.29) is 34.8 Å². The van der Waals surface area contributed by atoms with Gasteiger partial charge in [0.1, 0.15) is 15.8 Å². The van der Waals surface area contributed by atoms with Crippen molar-refractivity contribution >= 4 is 33.2 Å². The highest BCUT2D eigenvalue weighted by molar-refractivity contribution is 7.91. The van der Waals surface area contributed by atoms with Crippen molar-refractivity contribution in [2.75, 3.05) is 26.7 Å². The lowest BCUT2D eigenvalue weighted by Gasteiger charge is -2.27. The van der Waals surface area contributed by atoms with Crippen LogP contribution >= 0.6 is 11.3 Å². The van der Waals surface area contributed by atoms with Crippen LogP contribution in [-0.2, 0) is 27.7 Å². The van der Waals surface area contributed by atoms with Gasteiger partial charge in [-0.15, -0.1) is 11.3 Å². The van der Waals surface area contributed by atoms with Crippen molar-refractivity contribution in [2.24, 2.45) is 0 Å². The van der Waals surface area contributed by atoms with Crippen LogP contribution in [0.2, 0.25) is 0 Å². The Balaban J connectivity index is 1.69. The van der Waals surface area contributed by atoms with Crippen LogP contribution in [-0.4, -0.2) is 56.2 Å². The molecule has 0 unspecified atom stereocenters. The molecule has 2 aliphatic heterocycles. The van der Waals surface area contributed by atoms with Crippen LogP contribution in [0.3, 0.4) is 0 Å². The number of amides is 1. The van der Waals surface area contributed by atoms with Gasteiger partial charge in [0, 0.05) is 30.6 Å². The SMILES string of the molecule is COC(=O)c1c(S(=O)(=O)N2CCCCCC2)sc2c1CCN(C(=O)c1ccc(F)cc1F)C2. The zero-order valence-corrected chi connectivity index (χ0v) is 19.7. The fourth-order valence-electron chi connectivity index (χ4n) is 4.27. The molecule has 1 amide bonds.